The van der Waals surface area contributed by atoms with E-state index >= 15 is 0 Å². The Labute approximate surface area is 113 Å². The minimum Gasteiger partial charge on any atom is -0.399 e. The van der Waals surface area contributed by atoms with Gasteiger partial charge in [-0.3, -0.25) is 9.78 Å². The lowest BCUT2D eigenvalue weighted by atomic mass is 9.93. The first-order valence-corrected chi connectivity index (χ1v) is 6.37. The number of hydrogen-bond acceptors (Lipinski definition) is 3. The summed E-state index contributed by atoms with van der Waals surface area (Å²) in [6.45, 7) is 3.95. The monoisotopic (exact) mass is 254 g/mol. The fourth-order valence-electron chi connectivity index (χ4n) is 1.97. The molecule has 0 saturated carbocycles. The molecule has 0 bridgehead atoms. The van der Waals surface area contributed by atoms with Crippen molar-refractivity contribution >= 4 is 11.5 Å². The van der Waals surface area contributed by atoms with Gasteiger partial charge in [-0.25, -0.2) is 0 Å². The Hall–Kier alpha value is -2.16. The van der Waals surface area contributed by atoms with Gasteiger partial charge < -0.3 is 5.73 Å². The Morgan fingerprint density at radius 1 is 1.21 bits per heavy atom. The zero-order chi connectivity index (χ0) is 13.8. The average molecular weight is 254 g/mol. The summed E-state index contributed by atoms with van der Waals surface area (Å²) in [6.07, 6.45) is 2.13. The molecular formula is C16H18N2O. The summed E-state index contributed by atoms with van der Waals surface area (Å²) in [7, 11) is 0. The lowest BCUT2D eigenvalue weighted by Gasteiger charge is -2.11. The van der Waals surface area contributed by atoms with Crippen molar-refractivity contribution in [3.63, 3.8) is 0 Å². The second kappa shape index (κ2) is 5.65. The van der Waals surface area contributed by atoms with Crippen LogP contribution in [0.3, 0.4) is 0 Å². The van der Waals surface area contributed by atoms with Gasteiger partial charge in [0.25, 0.3) is 0 Å². The van der Waals surface area contributed by atoms with Crippen LogP contribution in [0.2, 0.25) is 0 Å². The Morgan fingerprint density at radius 3 is 2.47 bits per heavy atom. The highest BCUT2D eigenvalue weighted by molar-refractivity contribution is 5.96. The van der Waals surface area contributed by atoms with Gasteiger partial charge in [-0.05, 0) is 42.7 Å². The number of Topliss-reactive ketones (excluding diaryl/α,β-unsaturated/α-hetero) is 1. The summed E-state index contributed by atoms with van der Waals surface area (Å²) < 4.78 is 0. The lowest BCUT2D eigenvalue weighted by molar-refractivity contribution is 0.0975. The quantitative estimate of drug-likeness (QED) is 0.672. The Bertz CT molecular complexity index is 558. The zero-order valence-corrected chi connectivity index (χ0v) is 11.3. The number of aryl methyl sites for hydroxylation is 1. The van der Waals surface area contributed by atoms with E-state index in [1.54, 1.807) is 6.20 Å². The average Bonchev–Trinajstić information content (AvgIpc) is 2.40. The molecule has 0 fully saturated rings. The number of carbonyl (C=O) groups is 1. The molecule has 0 aliphatic heterocycles. The molecule has 1 unspecified atom stereocenters. The molecule has 1 heterocycles. The number of nitrogens with zero attached hydrogens (tertiary/aromatic N) is 1. The third-order valence-electron chi connectivity index (χ3n) is 3.23. The van der Waals surface area contributed by atoms with Crippen LogP contribution in [0.5, 0.6) is 0 Å². The number of carbonyl (C=O) groups excluding carboxylic acids is 1. The molecule has 3 nitrogen and oxygen atoms in total. The van der Waals surface area contributed by atoms with E-state index < -0.39 is 0 Å². The first-order chi connectivity index (χ1) is 9.06. The molecule has 0 saturated heterocycles. The summed E-state index contributed by atoms with van der Waals surface area (Å²) in [6, 6.07) is 11.4. The van der Waals surface area contributed by atoms with E-state index in [-0.39, 0.29) is 11.7 Å². The van der Waals surface area contributed by atoms with Crippen LogP contribution in [0.1, 0.15) is 40.9 Å². The van der Waals surface area contributed by atoms with E-state index in [1.807, 2.05) is 50.2 Å². The molecular weight excluding hydrogens is 236 g/mol. The second-order valence-electron chi connectivity index (χ2n) is 4.88. The summed E-state index contributed by atoms with van der Waals surface area (Å²) >= 11 is 0. The Balaban J connectivity index is 2.06. The third kappa shape index (κ3) is 3.41. The smallest absolute Gasteiger partial charge is 0.165 e. The molecule has 1 atom stereocenters. The van der Waals surface area contributed by atoms with E-state index in [1.165, 1.54) is 0 Å². The number of hydrogen-bond donors (Lipinski definition) is 1. The van der Waals surface area contributed by atoms with Gasteiger partial charge in [-0.2, -0.15) is 0 Å². The predicted octanol–water partition coefficient (Wildman–Crippen LogP) is 3.35. The fraction of sp³-hybridized carbons (Fsp3) is 0.250. The van der Waals surface area contributed by atoms with Gasteiger partial charge in [-0.15, -0.1) is 0 Å². The second-order valence-corrected chi connectivity index (χ2v) is 4.88. The molecule has 2 N–H and O–H groups in total. The fourth-order valence-corrected chi connectivity index (χ4v) is 1.97. The molecule has 1 aromatic heterocycles. The number of ketones is 1. The number of aromatic nitrogens is 1. The molecule has 0 amide bonds. The summed E-state index contributed by atoms with van der Waals surface area (Å²) in [4.78, 5) is 16.3. The van der Waals surface area contributed by atoms with Crippen LogP contribution in [0, 0.1) is 6.92 Å². The van der Waals surface area contributed by atoms with Gasteiger partial charge in [0.05, 0.1) is 0 Å². The van der Waals surface area contributed by atoms with Crippen LogP contribution in [-0.2, 0) is 0 Å². The molecule has 0 aliphatic rings. The highest BCUT2D eigenvalue weighted by Crippen LogP contribution is 2.22. The van der Waals surface area contributed by atoms with Crippen molar-refractivity contribution in [1.29, 1.82) is 0 Å². The first-order valence-electron chi connectivity index (χ1n) is 6.37. The van der Waals surface area contributed by atoms with E-state index in [0.29, 0.717) is 12.0 Å². The van der Waals surface area contributed by atoms with Crippen molar-refractivity contribution in [3.05, 3.63) is 59.4 Å². The van der Waals surface area contributed by atoms with E-state index in [9.17, 15) is 4.79 Å². The van der Waals surface area contributed by atoms with Crippen LogP contribution in [0.15, 0.2) is 42.6 Å². The normalized spacial score (nSPS) is 12.1. The van der Waals surface area contributed by atoms with E-state index in [2.05, 4.69) is 4.98 Å². The predicted molar refractivity (Wildman–Crippen MR) is 77.2 cm³/mol. The Kier molecular flexibility index (Phi) is 3.95. The molecule has 19 heavy (non-hydrogen) atoms. The number of anilines is 1. The molecule has 0 radical (unpaired) electrons. The Morgan fingerprint density at radius 2 is 1.89 bits per heavy atom. The lowest BCUT2D eigenvalue weighted by Crippen LogP contribution is -2.05. The molecule has 98 valence electrons. The SMILES string of the molecule is Cc1ccc(C(=O)CC(C)c2ccc(N)cc2)cn1. The molecule has 0 spiro atoms. The van der Waals surface area contributed by atoms with Gasteiger partial charge in [0.2, 0.25) is 0 Å². The van der Waals surface area contributed by atoms with Gasteiger partial charge >= 0.3 is 0 Å². The molecule has 2 rings (SSSR count). The number of nitrogen functional groups attached to an aromatic ring is 1. The van der Waals surface area contributed by atoms with Gasteiger partial charge in [-0.1, -0.05) is 19.1 Å². The highest BCUT2D eigenvalue weighted by Gasteiger charge is 2.13. The zero-order valence-electron chi connectivity index (χ0n) is 11.3. The van der Waals surface area contributed by atoms with Gasteiger partial charge in [0, 0.05) is 29.6 Å². The molecule has 3 heteroatoms. The van der Waals surface area contributed by atoms with Crippen LogP contribution < -0.4 is 5.73 Å². The maximum atomic E-state index is 12.1. The largest absolute Gasteiger partial charge is 0.399 e. The van der Waals surface area contributed by atoms with Crippen molar-refractivity contribution in [3.8, 4) is 0 Å². The number of pyridine rings is 1. The summed E-state index contributed by atoms with van der Waals surface area (Å²) in [5.74, 6) is 0.297. The van der Waals surface area contributed by atoms with Crippen LogP contribution in [0.4, 0.5) is 5.69 Å². The van der Waals surface area contributed by atoms with E-state index in [4.69, 9.17) is 5.73 Å². The maximum absolute atomic E-state index is 12.1. The van der Waals surface area contributed by atoms with Crippen LogP contribution >= 0.6 is 0 Å². The number of rotatable bonds is 4. The van der Waals surface area contributed by atoms with Crippen molar-refractivity contribution in [2.24, 2.45) is 0 Å². The highest BCUT2D eigenvalue weighted by atomic mass is 16.1. The van der Waals surface area contributed by atoms with Crippen molar-refractivity contribution in [1.82, 2.24) is 4.98 Å². The van der Waals surface area contributed by atoms with Crippen molar-refractivity contribution < 1.29 is 4.79 Å². The van der Waals surface area contributed by atoms with Crippen LogP contribution in [0.25, 0.3) is 0 Å². The summed E-state index contributed by atoms with van der Waals surface area (Å²) in [5.41, 5.74) is 9.12. The number of benzene rings is 1. The molecule has 0 aliphatic carbocycles. The standard InChI is InChI=1S/C16H18N2O/c1-11(13-5-7-15(17)8-6-13)9-16(19)14-4-3-12(2)18-10-14/h3-8,10-11H,9,17H2,1-2H3. The molecule has 1 aromatic carbocycles. The minimum absolute atomic E-state index is 0.122. The van der Waals surface area contributed by atoms with Gasteiger partial charge in [0.15, 0.2) is 5.78 Å². The maximum Gasteiger partial charge on any atom is 0.165 e. The topological polar surface area (TPSA) is 56.0 Å². The van der Waals surface area contributed by atoms with Crippen molar-refractivity contribution in [2.75, 3.05) is 5.73 Å². The minimum atomic E-state index is 0.122. The first kappa shape index (κ1) is 13.3. The third-order valence-corrected chi connectivity index (χ3v) is 3.23. The van der Waals surface area contributed by atoms with Crippen LogP contribution in [-0.4, -0.2) is 10.8 Å². The summed E-state index contributed by atoms with van der Waals surface area (Å²) in [5, 5.41) is 0. The van der Waals surface area contributed by atoms with Crippen molar-refractivity contribution in [2.45, 2.75) is 26.2 Å². The molecule has 2 aromatic rings. The van der Waals surface area contributed by atoms with Gasteiger partial charge in [0.1, 0.15) is 0 Å². The van der Waals surface area contributed by atoms with E-state index in [0.717, 1.165) is 16.9 Å². The number of nitrogens with two attached hydrogens (primary N) is 1.